The number of carbonyl (C=O) groups excluding carboxylic acids is 1. The van der Waals surface area contributed by atoms with E-state index < -0.39 is 0 Å². The van der Waals surface area contributed by atoms with Gasteiger partial charge in [0.05, 0.1) is 0 Å². The van der Waals surface area contributed by atoms with Crippen molar-refractivity contribution < 1.29 is 4.79 Å². The second kappa shape index (κ2) is 4.91. The highest BCUT2D eigenvalue weighted by Crippen LogP contribution is 2.19. The number of aromatic nitrogens is 1. The molecule has 90 valence electrons. The Balaban J connectivity index is 1.97. The zero-order valence-corrected chi connectivity index (χ0v) is 10.2. The number of aryl methyl sites for hydroxylation is 1. The van der Waals surface area contributed by atoms with Crippen molar-refractivity contribution in [3.05, 3.63) is 30.5 Å². The molecule has 4 heteroatoms. The predicted octanol–water partition coefficient (Wildman–Crippen LogP) is 1.73. The predicted molar refractivity (Wildman–Crippen MR) is 70.1 cm³/mol. The molecule has 2 rings (SSSR count). The first-order valence-electron chi connectivity index (χ1n) is 5.70. The molecule has 0 aliphatic heterocycles. The number of carbonyl (C=O) groups is 1. The fraction of sp³-hybridized carbons (Fsp3) is 0.308. The van der Waals surface area contributed by atoms with E-state index in [-0.39, 0.29) is 5.91 Å². The Kier molecular flexibility index (Phi) is 3.32. The molecule has 0 spiro atoms. The summed E-state index contributed by atoms with van der Waals surface area (Å²) in [6.45, 7) is 2.90. The van der Waals surface area contributed by atoms with E-state index in [4.69, 9.17) is 0 Å². The van der Waals surface area contributed by atoms with Gasteiger partial charge in [-0.1, -0.05) is 0 Å². The number of anilines is 1. The van der Waals surface area contributed by atoms with Gasteiger partial charge >= 0.3 is 0 Å². The van der Waals surface area contributed by atoms with E-state index in [1.54, 1.807) is 0 Å². The molecule has 0 fully saturated rings. The Morgan fingerprint density at radius 3 is 2.88 bits per heavy atom. The molecule has 0 radical (unpaired) electrons. The van der Waals surface area contributed by atoms with E-state index >= 15 is 0 Å². The van der Waals surface area contributed by atoms with Gasteiger partial charge in [-0.05, 0) is 24.3 Å². The number of fused-ring (bicyclic) bond motifs is 1. The van der Waals surface area contributed by atoms with Crippen LogP contribution in [0.25, 0.3) is 10.9 Å². The van der Waals surface area contributed by atoms with Crippen LogP contribution in [0.5, 0.6) is 0 Å². The molecule has 1 amide bonds. The maximum atomic E-state index is 10.7. The normalized spacial score (nSPS) is 10.5. The van der Waals surface area contributed by atoms with Crippen molar-refractivity contribution in [3.8, 4) is 0 Å². The molecule has 1 heterocycles. The molecule has 4 nitrogen and oxygen atoms in total. The smallest absolute Gasteiger partial charge is 0.216 e. The summed E-state index contributed by atoms with van der Waals surface area (Å²) in [7, 11) is 2.03. The Labute approximate surface area is 101 Å². The van der Waals surface area contributed by atoms with E-state index in [1.165, 1.54) is 17.8 Å². The molecule has 0 unspecified atom stereocenters. The van der Waals surface area contributed by atoms with Crippen LogP contribution in [-0.4, -0.2) is 23.6 Å². The summed E-state index contributed by atoms with van der Waals surface area (Å²) in [5, 5.41) is 7.25. The van der Waals surface area contributed by atoms with Crippen LogP contribution in [0.4, 0.5) is 5.69 Å². The van der Waals surface area contributed by atoms with Crippen molar-refractivity contribution in [3.63, 3.8) is 0 Å². The summed E-state index contributed by atoms with van der Waals surface area (Å²) in [6.07, 6.45) is 2.05. The minimum Gasteiger partial charge on any atom is -0.383 e. The lowest BCUT2D eigenvalue weighted by atomic mass is 10.2. The molecule has 0 bridgehead atoms. The third-order valence-electron chi connectivity index (χ3n) is 2.71. The number of rotatable bonds is 4. The number of hydrogen-bond acceptors (Lipinski definition) is 2. The van der Waals surface area contributed by atoms with Gasteiger partial charge in [0.1, 0.15) is 0 Å². The first kappa shape index (κ1) is 11.5. The first-order valence-corrected chi connectivity index (χ1v) is 5.70. The average Bonchev–Trinajstić information content (AvgIpc) is 2.66. The van der Waals surface area contributed by atoms with Gasteiger partial charge in [-0.15, -0.1) is 0 Å². The molecule has 0 aliphatic rings. The monoisotopic (exact) mass is 231 g/mol. The Bertz CT molecular complexity index is 530. The van der Waals surface area contributed by atoms with Gasteiger partial charge in [-0.25, -0.2) is 0 Å². The summed E-state index contributed by atoms with van der Waals surface area (Å²) in [6, 6.07) is 8.35. The fourth-order valence-electron chi connectivity index (χ4n) is 1.84. The number of nitrogens with one attached hydrogen (secondary N) is 2. The highest BCUT2D eigenvalue weighted by Gasteiger charge is 1.99. The second-order valence-corrected chi connectivity index (χ2v) is 4.11. The van der Waals surface area contributed by atoms with Gasteiger partial charge in [0.25, 0.3) is 0 Å². The van der Waals surface area contributed by atoms with Crippen molar-refractivity contribution in [2.45, 2.75) is 6.92 Å². The fourth-order valence-corrected chi connectivity index (χ4v) is 1.84. The molecule has 1 aromatic carbocycles. The summed E-state index contributed by atoms with van der Waals surface area (Å²) in [5.41, 5.74) is 2.30. The van der Waals surface area contributed by atoms with Gasteiger partial charge in [0.2, 0.25) is 5.91 Å². The van der Waals surface area contributed by atoms with Crippen molar-refractivity contribution in [1.82, 2.24) is 9.88 Å². The SMILES string of the molecule is CC(=O)NCCNc1ccc2c(ccn2C)c1. The molecule has 1 aromatic heterocycles. The van der Waals surface area contributed by atoms with Crippen LogP contribution in [0.15, 0.2) is 30.5 Å². The van der Waals surface area contributed by atoms with E-state index in [2.05, 4.69) is 39.5 Å². The van der Waals surface area contributed by atoms with Crippen molar-refractivity contribution in [2.24, 2.45) is 7.05 Å². The Morgan fingerprint density at radius 2 is 2.12 bits per heavy atom. The van der Waals surface area contributed by atoms with E-state index in [1.807, 2.05) is 13.2 Å². The van der Waals surface area contributed by atoms with Gasteiger partial charge in [0, 0.05) is 49.8 Å². The largest absolute Gasteiger partial charge is 0.383 e. The van der Waals surface area contributed by atoms with E-state index in [9.17, 15) is 4.79 Å². The van der Waals surface area contributed by atoms with Crippen molar-refractivity contribution in [2.75, 3.05) is 18.4 Å². The zero-order chi connectivity index (χ0) is 12.3. The van der Waals surface area contributed by atoms with Crippen molar-refractivity contribution in [1.29, 1.82) is 0 Å². The number of amides is 1. The lowest BCUT2D eigenvalue weighted by molar-refractivity contribution is -0.118. The van der Waals surface area contributed by atoms with Crippen LogP contribution >= 0.6 is 0 Å². The van der Waals surface area contributed by atoms with Crippen LogP contribution in [0.3, 0.4) is 0 Å². The van der Waals surface area contributed by atoms with Crippen LogP contribution < -0.4 is 10.6 Å². The zero-order valence-electron chi connectivity index (χ0n) is 10.2. The van der Waals surface area contributed by atoms with Crippen LogP contribution in [0.1, 0.15) is 6.92 Å². The van der Waals surface area contributed by atoms with Gasteiger partial charge in [0.15, 0.2) is 0 Å². The van der Waals surface area contributed by atoms with Crippen LogP contribution in [0, 0.1) is 0 Å². The highest BCUT2D eigenvalue weighted by molar-refractivity contribution is 5.83. The molecular weight excluding hydrogens is 214 g/mol. The number of nitrogens with zero attached hydrogens (tertiary/aromatic N) is 1. The molecular formula is C13H17N3O. The minimum atomic E-state index is 0.00492. The van der Waals surface area contributed by atoms with Gasteiger partial charge in [-0.2, -0.15) is 0 Å². The molecule has 0 atom stereocenters. The van der Waals surface area contributed by atoms with E-state index in [0.717, 1.165) is 12.2 Å². The standard InChI is InChI=1S/C13H17N3O/c1-10(17)14-6-7-15-12-3-4-13-11(9-12)5-8-16(13)2/h3-5,8-9,15H,6-7H2,1-2H3,(H,14,17). The topological polar surface area (TPSA) is 46.1 Å². The van der Waals surface area contributed by atoms with E-state index in [0.29, 0.717) is 6.54 Å². The molecule has 2 N–H and O–H groups in total. The minimum absolute atomic E-state index is 0.00492. The van der Waals surface area contributed by atoms with Crippen molar-refractivity contribution >= 4 is 22.5 Å². The summed E-state index contributed by atoms with van der Waals surface area (Å²) >= 11 is 0. The Hall–Kier alpha value is -1.97. The summed E-state index contributed by atoms with van der Waals surface area (Å²) < 4.78 is 2.09. The molecule has 17 heavy (non-hydrogen) atoms. The maximum absolute atomic E-state index is 10.7. The van der Waals surface area contributed by atoms with Crippen LogP contribution in [-0.2, 0) is 11.8 Å². The molecule has 0 saturated heterocycles. The second-order valence-electron chi connectivity index (χ2n) is 4.11. The van der Waals surface area contributed by atoms with Gasteiger partial charge < -0.3 is 15.2 Å². The maximum Gasteiger partial charge on any atom is 0.216 e. The quantitative estimate of drug-likeness (QED) is 0.787. The first-order chi connectivity index (χ1) is 8.16. The lowest BCUT2D eigenvalue weighted by Gasteiger charge is -2.07. The number of hydrogen-bond donors (Lipinski definition) is 2. The number of benzene rings is 1. The molecule has 2 aromatic rings. The highest BCUT2D eigenvalue weighted by atomic mass is 16.1. The molecule has 0 aliphatic carbocycles. The Morgan fingerprint density at radius 1 is 1.29 bits per heavy atom. The van der Waals surface area contributed by atoms with Gasteiger partial charge in [-0.3, -0.25) is 4.79 Å². The average molecular weight is 231 g/mol. The van der Waals surface area contributed by atoms with Crippen LogP contribution in [0.2, 0.25) is 0 Å². The lowest BCUT2D eigenvalue weighted by Crippen LogP contribution is -2.26. The molecule has 0 saturated carbocycles. The summed E-state index contributed by atoms with van der Waals surface area (Å²) in [5.74, 6) is 0.00492. The summed E-state index contributed by atoms with van der Waals surface area (Å²) in [4.78, 5) is 10.7. The third-order valence-corrected chi connectivity index (χ3v) is 2.71. The third kappa shape index (κ3) is 2.78.